The van der Waals surface area contributed by atoms with Crippen molar-refractivity contribution >= 4 is 11.8 Å². The number of anilines is 1. The fourth-order valence-corrected chi connectivity index (χ4v) is 2.33. The van der Waals surface area contributed by atoms with Gasteiger partial charge < -0.3 is 9.64 Å². The molecule has 1 atom stereocenters. The Morgan fingerprint density at radius 3 is 3.06 bits per heavy atom. The van der Waals surface area contributed by atoms with E-state index in [2.05, 4.69) is 9.88 Å². The predicted molar refractivity (Wildman–Crippen MR) is 65.8 cm³/mol. The summed E-state index contributed by atoms with van der Waals surface area (Å²) in [5, 5.41) is 0. The number of carbonyl (C=O) groups excluding carboxylic acids is 1. The van der Waals surface area contributed by atoms with Gasteiger partial charge in [0.2, 0.25) is 0 Å². The van der Waals surface area contributed by atoms with Crippen LogP contribution in [0.2, 0.25) is 0 Å². The molecule has 0 amide bonds. The molecule has 0 saturated carbocycles. The van der Waals surface area contributed by atoms with Crippen molar-refractivity contribution in [1.29, 1.82) is 0 Å². The molecule has 1 aromatic heterocycles. The minimum atomic E-state index is -0.347. The number of hydrogen-bond acceptors (Lipinski definition) is 4. The molecule has 0 radical (unpaired) electrons. The lowest BCUT2D eigenvalue weighted by Gasteiger charge is -2.36. The van der Waals surface area contributed by atoms with E-state index in [1.165, 1.54) is 19.4 Å². The molecule has 18 heavy (non-hydrogen) atoms. The standard InChI is InChI=1S/C13H17FN2O2/c1-18-13(17)8-11-4-2-3-7-16(11)12-6-5-10(14)9-15-12/h5-6,9,11H,2-4,7-8H2,1H3. The second kappa shape index (κ2) is 5.80. The van der Waals surface area contributed by atoms with Crippen molar-refractivity contribution in [2.45, 2.75) is 31.7 Å². The number of methoxy groups -OCH3 is 1. The Kier molecular flexibility index (Phi) is 4.12. The van der Waals surface area contributed by atoms with Gasteiger partial charge in [-0.25, -0.2) is 9.37 Å². The number of nitrogens with zero attached hydrogens (tertiary/aromatic N) is 2. The molecule has 5 heteroatoms. The number of pyridine rings is 1. The van der Waals surface area contributed by atoms with Gasteiger partial charge >= 0.3 is 5.97 Å². The quantitative estimate of drug-likeness (QED) is 0.773. The largest absolute Gasteiger partial charge is 0.469 e. The first-order chi connectivity index (χ1) is 8.70. The monoisotopic (exact) mass is 252 g/mol. The van der Waals surface area contributed by atoms with Gasteiger partial charge in [-0.2, -0.15) is 0 Å². The zero-order valence-corrected chi connectivity index (χ0v) is 10.4. The number of ether oxygens (including phenoxy) is 1. The summed E-state index contributed by atoms with van der Waals surface area (Å²) < 4.78 is 17.6. The fraction of sp³-hybridized carbons (Fsp3) is 0.538. The zero-order chi connectivity index (χ0) is 13.0. The van der Waals surface area contributed by atoms with E-state index in [1.54, 1.807) is 6.07 Å². The summed E-state index contributed by atoms with van der Waals surface area (Å²) in [7, 11) is 1.39. The summed E-state index contributed by atoms with van der Waals surface area (Å²) in [5.74, 6) is 0.166. The third kappa shape index (κ3) is 2.97. The lowest BCUT2D eigenvalue weighted by Crippen LogP contribution is -2.41. The number of piperidine rings is 1. The van der Waals surface area contributed by atoms with Gasteiger partial charge in [0.15, 0.2) is 0 Å². The van der Waals surface area contributed by atoms with Crippen LogP contribution >= 0.6 is 0 Å². The van der Waals surface area contributed by atoms with Crippen LogP contribution in [0.15, 0.2) is 18.3 Å². The van der Waals surface area contributed by atoms with E-state index in [0.29, 0.717) is 6.42 Å². The Bertz CT molecular complexity index is 408. The average Bonchev–Trinajstić information content (AvgIpc) is 2.40. The molecule has 0 bridgehead atoms. The van der Waals surface area contributed by atoms with E-state index in [1.807, 2.05) is 0 Å². The van der Waals surface area contributed by atoms with E-state index in [0.717, 1.165) is 31.6 Å². The third-order valence-electron chi connectivity index (χ3n) is 3.26. The highest BCUT2D eigenvalue weighted by Gasteiger charge is 2.26. The highest BCUT2D eigenvalue weighted by molar-refractivity contribution is 5.70. The molecular weight excluding hydrogens is 235 g/mol. The summed E-state index contributed by atoms with van der Waals surface area (Å²) >= 11 is 0. The minimum Gasteiger partial charge on any atom is -0.469 e. The van der Waals surface area contributed by atoms with Crippen molar-refractivity contribution in [2.24, 2.45) is 0 Å². The van der Waals surface area contributed by atoms with E-state index in [4.69, 9.17) is 4.74 Å². The first-order valence-corrected chi connectivity index (χ1v) is 6.15. The molecule has 1 aromatic rings. The number of carbonyl (C=O) groups is 1. The van der Waals surface area contributed by atoms with Crippen LogP contribution in [0.1, 0.15) is 25.7 Å². The molecular formula is C13H17FN2O2. The second-order valence-corrected chi connectivity index (χ2v) is 4.46. The van der Waals surface area contributed by atoms with Crippen LogP contribution in [0, 0.1) is 5.82 Å². The van der Waals surface area contributed by atoms with Gasteiger partial charge in [0, 0.05) is 12.6 Å². The average molecular weight is 252 g/mol. The molecule has 2 rings (SSSR count). The number of hydrogen-bond donors (Lipinski definition) is 0. The molecule has 0 N–H and O–H groups in total. The maximum absolute atomic E-state index is 12.9. The van der Waals surface area contributed by atoms with Crippen LogP contribution in [0.5, 0.6) is 0 Å². The van der Waals surface area contributed by atoms with Gasteiger partial charge in [-0.1, -0.05) is 0 Å². The highest BCUT2D eigenvalue weighted by atomic mass is 19.1. The Morgan fingerprint density at radius 1 is 1.56 bits per heavy atom. The van der Waals surface area contributed by atoms with E-state index < -0.39 is 0 Å². The maximum atomic E-state index is 12.9. The van der Waals surface area contributed by atoms with Gasteiger partial charge in [0.1, 0.15) is 11.6 Å². The second-order valence-electron chi connectivity index (χ2n) is 4.46. The fourth-order valence-electron chi connectivity index (χ4n) is 2.33. The van der Waals surface area contributed by atoms with Crippen LogP contribution in [0.4, 0.5) is 10.2 Å². The normalized spacial score (nSPS) is 19.7. The highest BCUT2D eigenvalue weighted by Crippen LogP contribution is 2.25. The summed E-state index contributed by atoms with van der Waals surface area (Å²) in [6.45, 7) is 0.848. The molecule has 1 saturated heterocycles. The molecule has 2 heterocycles. The van der Waals surface area contributed by atoms with Crippen LogP contribution in [-0.4, -0.2) is 30.6 Å². The van der Waals surface area contributed by atoms with Gasteiger partial charge in [0.25, 0.3) is 0 Å². The summed E-state index contributed by atoms with van der Waals surface area (Å²) in [6.07, 6.45) is 4.67. The third-order valence-corrected chi connectivity index (χ3v) is 3.26. The molecule has 0 spiro atoms. The first kappa shape index (κ1) is 12.8. The van der Waals surface area contributed by atoms with Crippen molar-refractivity contribution in [3.8, 4) is 0 Å². The van der Waals surface area contributed by atoms with Gasteiger partial charge in [-0.05, 0) is 31.4 Å². The van der Waals surface area contributed by atoms with Gasteiger partial charge in [-0.15, -0.1) is 0 Å². The first-order valence-electron chi connectivity index (χ1n) is 6.15. The molecule has 0 aromatic carbocycles. The topological polar surface area (TPSA) is 42.4 Å². The molecule has 4 nitrogen and oxygen atoms in total. The number of halogens is 1. The Labute approximate surface area is 106 Å². The van der Waals surface area contributed by atoms with Crippen molar-refractivity contribution in [3.63, 3.8) is 0 Å². The van der Waals surface area contributed by atoms with Crippen LogP contribution in [0.3, 0.4) is 0 Å². The summed E-state index contributed by atoms with van der Waals surface area (Å²) in [4.78, 5) is 17.5. The number of aromatic nitrogens is 1. The van der Waals surface area contributed by atoms with Crippen molar-refractivity contribution < 1.29 is 13.9 Å². The lowest BCUT2D eigenvalue weighted by molar-refractivity contribution is -0.141. The molecule has 0 aliphatic carbocycles. The SMILES string of the molecule is COC(=O)CC1CCCCN1c1ccc(F)cn1. The lowest BCUT2D eigenvalue weighted by atomic mass is 9.99. The van der Waals surface area contributed by atoms with Gasteiger partial charge in [0.05, 0.1) is 19.7 Å². The Hall–Kier alpha value is -1.65. The van der Waals surface area contributed by atoms with E-state index in [9.17, 15) is 9.18 Å². The minimum absolute atomic E-state index is 0.101. The Morgan fingerprint density at radius 2 is 2.39 bits per heavy atom. The van der Waals surface area contributed by atoms with E-state index >= 15 is 0 Å². The molecule has 1 fully saturated rings. The van der Waals surface area contributed by atoms with Gasteiger partial charge in [-0.3, -0.25) is 4.79 Å². The van der Waals surface area contributed by atoms with Crippen molar-refractivity contribution in [2.75, 3.05) is 18.6 Å². The summed E-state index contributed by atoms with van der Waals surface area (Å²) in [6, 6.07) is 3.15. The molecule has 98 valence electrons. The van der Waals surface area contributed by atoms with Crippen LogP contribution in [0.25, 0.3) is 0 Å². The summed E-state index contributed by atoms with van der Waals surface area (Å²) in [5.41, 5.74) is 0. The Balaban J connectivity index is 2.12. The maximum Gasteiger partial charge on any atom is 0.307 e. The predicted octanol–water partition coefficient (Wildman–Crippen LogP) is 2.14. The van der Waals surface area contributed by atoms with Crippen molar-refractivity contribution in [3.05, 3.63) is 24.1 Å². The van der Waals surface area contributed by atoms with Crippen molar-refractivity contribution in [1.82, 2.24) is 4.98 Å². The van der Waals surface area contributed by atoms with Crippen LogP contribution < -0.4 is 4.90 Å². The van der Waals surface area contributed by atoms with Crippen LogP contribution in [-0.2, 0) is 9.53 Å². The molecule has 1 aliphatic heterocycles. The number of rotatable bonds is 3. The number of esters is 1. The smallest absolute Gasteiger partial charge is 0.307 e. The molecule has 1 aliphatic rings. The molecule has 1 unspecified atom stereocenters. The zero-order valence-electron chi connectivity index (χ0n) is 10.4. The van der Waals surface area contributed by atoms with E-state index in [-0.39, 0.29) is 17.8 Å².